The normalized spacial score (nSPS) is 9.93. The minimum absolute atomic E-state index is 0.0511. The highest BCUT2D eigenvalue weighted by Crippen LogP contribution is 2.08. The fourth-order valence-electron chi connectivity index (χ4n) is 1.39. The number of aromatic nitrogens is 1. The fraction of sp³-hybridized carbons (Fsp3) is 0.455. The summed E-state index contributed by atoms with van der Waals surface area (Å²) in [7, 11) is 0. The van der Waals surface area contributed by atoms with Crippen molar-refractivity contribution >= 4 is 15.9 Å². The molecule has 0 atom stereocenters. The third-order valence-electron chi connectivity index (χ3n) is 2.17. The van der Waals surface area contributed by atoms with E-state index in [2.05, 4.69) is 22.0 Å². The molecule has 0 radical (unpaired) electrons. The van der Waals surface area contributed by atoms with Crippen LogP contribution >= 0.6 is 15.9 Å². The Morgan fingerprint density at radius 1 is 1.53 bits per heavy atom. The monoisotopic (exact) mass is 268 g/mol. The van der Waals surface area contributed by atoms with Gasteiger partial charge in [-0.3, -0.25) is 4.79 Å². The Morgan fingerprint density at radius 2 is 2.27 bits per heavy atom. The van der Waals surface area contributed by atoms with Crippen LogP contribution in [0.4, 0.5) is 0 Å². The average molecular weight is 269 g/mol. The van der Waals surface area contributed by atoms with E-state index in [-0.39, 0.29) is 5.56 Å². The summed E-state index contributed by atoms with van der Waals surface area (Å²) in [6.45, 7) is 2.49. The van der Waals surface area contributed by atoms with Gasteiger partial charge < -0.3 is 4.57 Å². The molecule has 15 heavy (non-hydrogen) atoms. The number of pyridine rings is 1. The van der Waals surface area contributed by atoms with Crippen LogP contribution in [-0.2, 0) is 6.54 Å². The highest BCUT2D eigenvalue weighted by molar-refractivity contribution is 9.10. The molecule has 4 heteroatoms. The van der Waals surface area contributed by atoms with E-state index in [1.807, 2.05) is 6.07 Å². The molecule has 0 saturated carbocycles. The van der Waals surface area contributed by atoms with Crippen molar-refractivity contribution in [3.8, 4) is 6.07 Å². The Hall–Kier alpha value is -1.08. The van der Waals surface area contributed by atoms with Gasteiger partial charge >= 0.3 is 0 Å². The lowest BCUT2D eigenvalue weighted by molar-refractivity contribution is 0.596. The molecule has 1 aromatic heterocycles. The number of nitrogens with zero attached hydrogens (tertiary/aromatic N) is 2. The molecule has 0 bridgehead atoms. The second kappa shape index (κ2) is 5.72. The number of halogens is 1. The summed E-state index contributed by atoms with van der Waals surface area (Å²) in [4.78, 5) is 11.7. The van der Waals surface area contributed by atoms with Crippen LogP contribution in [0, 0.1) is 18.3 Å². The van der Waals surface area contributed by atoms with Crippen molar-refractivity contribution in [2.75, 3.05) is 0 Å². The summed E-state index contributed by atoms with van der Waals surface area (Å²) < 4.78 is 2.61. The molecule has 0 N–H and O–H groups in total. The quantitative estimate of drug-likeness (QED) is 0.789. The van der Waals surface area contributed by atoms with Crippen LogP contribution in [0.2, 0.25) is 0 Å². The summed E-state index contributed by atoms with van der Waals surface area (Å²) >= 11 is 3.36. The van der Waals surface area contributed by atoms with Gasteiger partial charge in [-0.1, -0.05) is 0 Å². The van der Waals surface area contributed by atoms with E-state index in [0.29, 0.717) is 13.0 Å². The molecule has 1 heterocycles. The van der Waals surface area contributed by atoms with Gasteiger partial charge in [0.25, 0.3) is 5.56 Å². The lowest BCUT2D eigenvalue weighted by atomic mass is 10.2. The van der Waals surface area contributed by atoms with Crippen molar-refractivity contribution in [1.29, 1.82) is 5.26 Å². The zero-order chi connectivity index (χ0) is 11.3. The maximum atomic E-state index is 11.7. The van der Waals surface area contributed by atoms with Crippen molar-refractivity contribution in [1.82, 2.24) is 4.57 Å². The molecule has 0 aliphatic rings. The van der Waals surface area contributed by atoms with Crippen LogP contribution in [-0.4, -0.2) is 4.57 Å². The first-order valence-corrected chi connectivity index (χ1v) is 5.68. The Bertz CT molecular complexity index is 431. The zero-order valence-electron chi connectivity index (χ0n) is 8.66. The van der Waals surface area contributed by atoms with Gasteiger partial charge in [-0.05, 0) is 41.8 Å². The lowest BCUT2D eigenvalue weighted by Crippen LogP contribution is -2.21. The highest BCUT2D eigenvalue weighted by Gasteiger charge is 2.01. The van der Waals surface area contributed by atoms with Crippen LogP contribution in [0.3, 0.4) is 0 Å². The van der Waals surface area contributed by atoms with E-state index in [4.69, 9.17) is 5.26 Å². The summed E-state index contributed by atoms with van der Waals surface area (Å²) in [5.74, 6) is 0. The molecule has 3 nitrogen and oxygen atoms in total. The summed E-state index contributed by atoms with van der Waals surface area (Å²) in [6.07, 6.45) is 4.06. The molecule has 0 aromatic carbocycles. The molecule has 0 saturated heterocycles. The molecule has 0 unspecified atom stereocenters. The minimum atomic E-state index is 0.0511. The Labute approximate surface area is 97.5 Å². The van der Waals surface area contributed by atoms with E-state index in [0.717, 1.165) is 22.9 Å². The second-order valence-electron chi connectivity index (χ2n) is 3.46. The van der Waals surface area contributed by atoms with E-state index in [1.165, 1.54) is 0 Å². The molecule has 0 aliphatic carbocycles. The third-order valence-corrected chi connectivity index (χ3v) is 2.60. The second-order valence-corrected chi connectivity index (χ2v) is 4.37. The summed E-state index contributed by atoms with van der Waals surface area (Å²) in [5, 5.41) is 8.38. The summed E-state index contributed by atoms with van der Waals surface area (Å²) in [5.41, 5.74) is 0.791. The van der Waals surface area contributed by atoms with Gasteiger partial charge in [-0.2, -0.15) is 5.26 Å². The zero-order valence-corrected chi connectivity index (χ0v) is 10.2. The summed E-state index contributed by atoms with van der Waals surface area (Å²) in [6, 6.07) is 3.91. The van der Waals surface area contributed by atoms with Crippen molar-refractivity contribution in [3.05, 3.63) is 32.7 Å². The van der Waals surface area contributed by atoms with Gasteiger partial charge in [0, 0.05) is 29.2 Å². The maximum Gasteiger partial charge on any atom is 0.253 e. The van der Waals surface area contributed by atoms with Crippen LogP contribution in [0.25, 0.3) is 0 Å². The number of hydrogen-bond donors (Lipinski definition) is 0. The van der Waals surface area contributed by atoms with Gasteiger partial charge in [-0.15, -0.1) is 0 Å². The largest absolute Gasteiger partial charge is 0.314 e. The van der Waals surface area contributed by atoms with Gasteiger partial charge in [0.1, 0.15) is 0 Å². The predicted octanol–water partition coefficient (Wildman–Crippen LogP) is 2.61. The average Bonchev–Trinajstić information content (AvgIpc) is 2.19. The first-order valence-electron chi connectivity index (χ1n) is 4.88. The van der Waals surface area contributed by atoms with Gasteiger partial charge in [0.15, 0.2) is 0 Å². The Balaban J connectivity index is 2.69. The first-order chi connectivity index (χ1) is 7.15. The van der Waals surface area contributed by atoms with Gasteiger partial charge in [-0.25, -0.2) is 0 Å². The Kier molecular flexibility index (Phi) is 4.57. The van der Waals surface area contributed by atoms with E-state index in [1.54, 1.807) is 17.7 Å². The highest BCUT2D eigenvalue weighted by atomic mass is 79.9. The molecule has 0 amide bonds. The van der Waals surface area contributed by atoms with Crippen molar-refractivity contribution in [2.45, 2.75) is 32.7 Å². The number of aryl methyl sites for hydroxylation is 2. The molecular formula is C11H13BrN2O. The van der Waals surface area contributed by atoms with Gasteiger partial charge in [0.05, 0.1) is 6.07 Å². The third kappa shape index (κ3) is 3.52. The topological polar surface area (TPSA) is 45.8 Å². The lowest BCUT2D eigenvalue weighted by Gasteiger charge is -2.06. The number of rotatable bonds is 4. The van der Waals surface area contributed by atoms with E-state index >= 15 is 0 Å². The van der Waals surface area contributed by atoms with Crippen molar-refractivity contribution in [2.24, 2.45) is 0 Å². The molecule has 1 aromatic rings. The SMILES string of the molecule is Cc1cc(Br)cn(CCCCC#N)c1=O. The molecule has 1 rings (SSSR count). The Morgan fingerprint density at radius 3 is 2.93 bits per heavy atom. The minimum Gasteiger partial charge on any atom is -0.314 e. The molecular weight excluding hydrogens is 256 g/mol. The van der Waals surface area contributed by atoms with E-state index < -0.39 is 0 Å². The number of hydrogen-bond acceptors (Lipinski definition) is 2. The van der Waals surface area contributed by atoms with Crippen molar-refractivity contribution in [3.63, 3.8) is 0 Å². The smallest absolute Gasteiger partial charge is 0.253 e. The molecule has 80 valence electrons. The van der Waals surface area contributed by atoms with E-state index in [9.17, 15) is 4.79 Å². The van der Waals surface area contributed by atoms with Crippen LogP contribution in [0.1, 0.15) is 24.8 Å². The fourth-order valence-corrected chi connectivity index (χ4v) is 1.98. The van der Waals surface area contributed by atoms with Crippen LogP contribution < -0.4 is 5.56 Å². The van der Waals surface area contributed by atoms with Crippen LogP contribution in [0.15, 0.2) is 21.5 Å². The molecule has 0 fully saturated rings. The number of unbranched alkanes of at least 4 members (excludes halogenated alkanes) is 2. The van der Waals surface area contributed by atoms with Crippen molar-refractivity contribution < 1.29 is 0 Å². The maximum absolute atomic E-state index is 11.7. The predicted molar refractivity (Wildman–Crippen MR) is 62.6 cm³/mol. The van der Waals surface area contributed by atoms with Gasteiger partial charge in [0.2, 0.25) is 0 Å². The number of nitriles is 1. The van der Waals surface area contributed by atoms with Crippen LogP contribution in [0.5, 0.6) is 0 Å². The standard InChI is InChI=1S/C11H13BrN2O/c1-9-7-10(12)8-14(11(9)15)6-4-2-3-5-13/h7-8H,2-4,6H2,1H3. The molecule has 0 spiro atoms. The molecule has 0 aliphatic heterocycles. The first kappa shape index (κ1) is 12.0.